The Balaban J connectivity index is 2.60. The molecule has 17 heavy (non-hydrogen) atoms. The first-order valence-corrected chi connectivity index (χ1v) is 6.42. The Kier molecular flexibility index (Phi) is 3.31. The number of hydrogen-bond acceptors (Lipinski definition) is 3. The Morgan fingerprint density at radius 2 is 1.88 bits per heavy atom. The van der Waals surface area contributed by atoms with E-state index in [1.807, 2.05) is 25.1 Å². The lowest BCUT2D eigenvalue weighted by Gasteiger charge is -2.10. The van der Waals surface area contributed by atoms with Gasteiger partial charge in [-0.25, -0.2) is 0 Å². The van der Waals surface area contributed by atoms with Crippen LogP contribution in [0.15, 0.2) is 18.2 Å². The van der Waals surface area contributed by atoms with Gasteiger partial charge in [0.05, 0.1) is 17.1 Å². The minimum atomic E-state index is 0.622. The minimum Gasteiger partial charge on any atom is -0.495 e. The summed E-state index contributed by atoms with van der Waals surface area (Å²) in [6.45, 7) is 4.11. The van der Waals surface area contributed by atoms with E-state index < -0.39 is 0 Å². The number of benzene rings is 1. The highest BCUT2D eigenvalue weighted by Crippen LogP contribution is 2.38. The van der Waals surface area contributed by atoms with Crippen molar-refractivity contribution in [3.8, 4) is 16.9 Å². The van der Waals surface area contributed by atoms with Gasteiger partial charge >= 0.3 is 0 Å². The van der Waals surface area contributed by atoms with Crippen molar-refractivity contribution in [2.24, 2.45) is 0 Å². The molecule has 0 bridgehead atoms. The van der Waals surface area contributed by atoms with Crippen LogP contribution in [0.25, 0.3) is 11.1 Å². The van der Waals surface area contributed by atoms with Crippen LogP contribution in [-0.4, -0.2) is 7.11 Å². The van der Waals surface area contributed by atoms with Gasteiger partial charge in [0, 0.05) is 4.88 Å². The molecule has 90 valence electrons. The van der Waals surface area contributed by atoms with Gasteiger partial charge in [-0.15, -0.1) is 11.3 Å². The van der Waals surface area contributed by atoms with Crippen molar-refractivity contribution in [1.29, 1.82) is 0 Å². The van der Waals surface area contributed by atoms with Gasteiger partial charge in [0.15, 0.2) is 0 Å². The van der Waals surface area contributed by atoms with Crippen LogP contribution in [-0.2, 0) is 0 Å². The molecule has 1 aromatic heterocycles. The maximum absolute atomic E-state index is 6.16. The number of halogens is 1. The number of anilines is 1. The molecule has 2 rings (SSSR count). The Labute approximate surface area is 110 Å². The highest BCUT2D eigenvalue weighted by atomic mass is 35.5. The molecular formula is C13H14ClNOS. The van der Waals surface area contributed by atoms with Crippen LogP contribution >= 0.6 is 22.9 Å². The third-order valence-corrected chi connectivity index (χ3v) is 3.90. The van der Waals surface area contributed by atoms with Gasteiger partial charge in [-0.05, 0) is 48.7 Å². The van der Waals surface area contributed by atoms with Gasteiger partial charge in [-0.3, -0.25) is 0 Å². The largest absolute Gasteiger partial charge is 0.495 e. The highest BCUT2D eigenvalue weighted by Gasteiger charge is 2.12. The average Bonchev–Trinajstić information content (AvgIpc) is 2.60. The third-order valence-electron chi connectivity index (χ3n) is 2.73. The van der Waals surface area contributed by atoms with Crippen molar-refractivity contribution in [2.75, 3.05) is 12.8 Å². The monoisotopic (exact) mass is 267 g/mol. The molecule has 0 aliphatic carbocycles. The van der Waals surface area contributed by atoms with Crippen molar-refractivity contribution in [1.82, 2.24) is 0 Å². The average molecular weight is 268 g/mol. The maximum Gasteiger partial charge on any atom is 0.137 e. The van der Waals surface area contributed by atoms with Crippen LogP contribution in [0.2, 0.25) is 5.02 Å². The van der Waals surface area contributed by atoms with Gasteiger partial charge < -0.3 is 10.5 Å². The predicted molar refractivity (Wildman–Crippen MR) is 75.2 cm³/mol. The van der Waals surface area contributed by atoms with Gasteiger partial charge in [0.2, 0.25) is 0 Å². The first kappa shape index (κ1) is 12.3. The molecule has 0 radical (unpaired) electrons. The van der Waals surface area contributed by atoms with E-state index >= 15 is 0 Å². The van der Waals surface area contributed by atoms with E-state index in [0.29, 0.717) is 10.8 Å². The summed E-state index contributed by atoms with van der Waals surface area (Å²) in [4.78, 5) is 1.20. The molecule has 2 N–H and O–H groups in total. The number of ether oxygens (including phenoxy) is 1. The lowest BCUT2D eigenvalue weighted by atomic mass is 10.0. The van der Waals surface area contributed by atoms with E-state index in [4.69, 9.17) is 22.1 Å². The second-order valence-corrected chi connectivity index (χ2v) is 5.62. The zero-order chi connectivity index (χ0) is 12.6. The Hall–Kier alpha value is -1.19. The maximum atomic E-state index is 6.16. The highest BCUT2D eigenvalue weighted by molar-refractivity contribution is 7.16. The summed E-state index contributed by atoms with van der Waals surface area (Å²) in [5, 5.41) is 1.45. The van der Waals surface area contributed by atoms with Gasteiger partial charge in [0.1, 0.15) is 5.75 Å². The molecule has 2 aromatic rings. The normalized spacial score (nSPS) is 10.6. The predicted octanol–water partition coefficient (Wildman–Crippen LogP) is 4.28. The van der Waals surface area contributed by atoms with E-state index in [0.717, 1.165) is 21.7 Å². The van der Waals surface area contributed by atoms with Crippen LogP contribution < -0.4 is 10.5 Å². The second kappa shape index (κ2) is 4.59. The van der Waals surface area contributed by atoms with Gasteiger partial charge in [-0.2, -0.15) is 0 Å². The molecule has 0 spiro atoms. The molecule has 0 aliphatic heterocycles. The number of rotatable bonds is 2. The standard InChI is InChI=1S/C13H14ClNOS/c1-7-4-12(16-3)11(14)5-9(7)10-6-13(15)17-8(10)2/h4-6H,15H2,1-3H3. The summed E-state index contributed by atoms with van der Waals surface area (Å²) < 4.78 is 5.20. The Bertz CT molecular complexity index is 563. The first-order chi connectivity index (χ1) is 8.02. The van der Waals surface area contributed by atoms with E-state index in [1.165, 1.54) is 4.88 Å². The van der Waals surface area contributed by atoms with E-state index in [-0.39, 0.29) is 0 Å². The number of thiophene rings is 1. The molecule has 0 saturated carbocycles. The first-order valence-electron chi connectivity index (χ1n) is 5.23. The molecule has 2 nitrogen and oxygen atoms in total. The van der Waals surface area contributed by atoms with Crippen molar-refractivity contribution in [3.05, 3.63) is 33.7 Å². The fraction of sp³-hybridized carbons (Fsp3) is 0.231. The molecule has 0 fully saturated rings. The topological polar surface area (TPSA) is 35.2 Å². The fourth-order valence-corrected chi connectivity index (χ4v) is 2.92. The molecule has 0 amide bonds. The number of nitrogen functional groups attached to an aromatic ring is 1. The lowest BCUT2D eigenvalue weighted by molar-refractivity contribution is 0.415. The summed E-state index contributed by atoms with van der Waals surface area (Å²) in [5.41, 5.74) is 9.21. The van der Waals surface area contributed by atoms with Crippen LogP contribution in [0.3, 0.4) is 0 Å². The summed E-state index contributed by atoms with van der Waals surface area (Å²) >= 11 is 7.75. The smallest absolute Gasteiger partial charge is 0.137 e. The summed E-state index contributed by atoms with van der Waals surface area (Å²) in [7, 11) is 1.62. The number of nitrogens with two attached hydrogens (primary N) is 1. The SMILES string of the molecule is COc1cc(C)c(-c2cc(N)sc2C)cc1Cl. The van der Waals surface area contributed by atoms with Crippen molar-refractivity contribution in [3.63, 3.8) is 0 Å². The molecule has 1 heterocycles. The zero-order valence-corrected chi connectivity index (χ0v) is 11.6. The third kappa shape index (κ3) is 2.26. The van der Waals surface area contributed by atoms with Crippen LogP contribution in [0, 0.1) is 13.8 Å². The summed E-state index contributed by atoms with van der Waals surface area (Å²) in [6.07, 6.45) is 0. The van der Waals surface area contributed by atoms with Crippen molar-refractivity contribution < 1.29 is 4.74 Å². The zero-order valence-electron chi connectivity index (χ0n) is 10.0. The van der Waals surface area contributed by atoms with Crippen LogP contribution in [0.5, 0.6) is 5.75 Å². The van der Waals surface area contributed by atoms with Gasteiger partial charge in [0.25, 0.3) is 0 Å². The molecule has 0 saturated heterocycles. The molecular weight excluding hydrogens is 254 g/mol. The van der Waals surface area contributed by atoms with Crippen LogP contribution in [0.1, 0.15) is 10.4 Å². The van der Waals surface area contributed by atoms with Crippen molar-refractivity contribution in [2.45, 2.75) is 13.8 Å². The Morgan fingerprint density at radius 1 is 1.18 bits per heavy atom. The molecule has 1 aromatic carbocycles. The summed E-state index contributed by atoms with van der Waals surface area (Å²) in [6, 6.07) is 5.88. The van der Waals surface area contributed by atoms with Crippen molar-refractivity contribution >= 4 is 27.9 Å². The summed E-state index contributed by atoms with van der Waals surface area (Å²) in [5.74, 6) is 0.703. The number of hydrogen-bond donors (Lipinski definition) is 1. The molecule has 0 unspecified atom stereocenters. The van der Waals surface area contributed by atoms with E-state index in [9.17, 15) is 0 Å². The number of aryl methyl sites for hydroxylation is 2. The quantitative estimate of drug-likeness (QED) is 0.882. The molecule has 0 aliphatic rings. The van der Waals surface area contributed by atoms with Gasteiger partial charge in [-0.1, -0.05) is 11.6 Å². The van der Waals surface area contributed by atoms with E-state index in [2.05, 4.69) is 6.92 Å². The Morgan fingerprint density at radius 3 is 2.41 bits per heavy atom. The molecule has 4 heteroatoms. The number of methoxy groups -OCH3 is 1. The second-order valence-electron chi connectivity index (χ2n) is 3.92. The molecule has 0 atom stereocenters. The minimum absolute atomic E-state index is 0.622. The lowest BCUT2D eigenvalue weighted by Crippen LogP contribution is -1.89. The van der Waals surface area contributed by atoms with E-state index in [1.54, 1.807) is 18.4 Å². The van der Waals surface area contributed by atoms with Crippen LogP contribution in [0.4, 0.5) is 5.00 Å². The fourth-order valence-electron chi connectivity index (χ4n) is 1.87.